The van der Waals surface area contributed by atoms with Crippen LogP contribution in [0.4, 0.5) is 17.6 Å². The average molecular weight is 358 g/mol. The molecule has 0 heterocycles. The van der Waals surface area contributed by atoms with E-state index in [1.807, 2.05) is 6.92 Å². The van der Waals surface area contributed by atoms with Crippen LogP contribution in [0, 0.1) is 0 Å². The molecular weight excluding hydrogens is 332 g/mol. The second-order valence-corrected chi connectivity index (χ2v) is 5.59. The molecule has 0 radical (unpaired) electrons. The number of hydrogen-bond donors (Lipinski definition) is 0. The van der Waals surface area contributed by atoms with E-state index in [4.69, 9.17) is 4.74 Å². The summed E-state index contributed by atoms with van der Waals surface area (Å²) >= 11 is 0. The van der Waals surface area contributed by atoms with Crippen LogP contribution in [0.25, 0.3) is 0 Å². The van der Waals surface area contributed by atoms with Gasteiger partial charge in [0.1, 0.15) is 6.10 Å². The molecule has 0 spiro atoms. The van der Waals surface area contributed by atoms with Crippen molar-refractivity contribution in [1.82, 2.24) is 0 Å². The highest BCUT2D eigenvalue weighted by atomic mass is 19.3. The SMILES string of the molecule is CCCCCC(CC)OC(=O)CCCC(=O)OCC(F)(F)C(F)F. The fourth-order valence-corrected chi connectivity index (χ4v) is 1.90. The Hall–Kier alpha value is -1.34. The fourth-order valence-electron chi connectivity index (χ4n) is 1.90. The second kappa shape index (κ2) is 12.1. The molecule has 1 atom stereocenters. The third kappa shape index (κ3) is 10.4. The number of unbranched alkanes of at least 4 members (excludes halogenated alkanes) is 2. The van der Waals surface area contributed by atoms with E-state index >= 15 is 0 Å². The molecular formula is C16H26F4O4. The maximum absolute atomic E-state index is 12.6. The zero-order valence-corrected chi connectivity index (χ0v) is 14.2. The maximum atomic E-state index is 12.6. The summed E-state index contributed by atoms with van der Waals surface area (Å²) in [5, 5.41) is 0. The van der Waals surface area contributed by atoms with Gasteiger partial charge in [-0.15, -0.1) is 0 Å². The summed E-state index contributed by atoms with van der Waals surface area (Å²) in [5.74, 6) is -5.87. The summed E-state index contributed by atoms with van der Waals surface area (Å²) < 4.78 is 58.3. The minimum atomic E-state index is -4.36. The van der Waals surface area contributed by atoms with E-state index in [-0.39, 0.29) is 25.4 Å². The molecule has 0 aromatic rings. The number of carbonyl (C=O) groups excluding carboxylic acids is 2. The van der Waals surface area contributed by atoms with Crippen molar-refractivity contribution < 1.29 is 36.6 Å². The van der Waals surface area contributed by atoms with Crippen molar-refractivity contribution in [3.8, 4) is 0 Å². The van der Waals surface area contributed by atoms with Crippen molar-refractivity contribution in [1.29, 1.82) is 0 Å². The van der Waals surface area contributed by atoms with Gasteiger partial charge in [0.05, 0.1) is 0 Å². The summed E-state index contributed by atoms with van der Waals surface area (Å²) in [6.07, 6.45) is 0.211. The molecule has 24 heavy (non-hydrogen) atoms. The average Bonchev–Trinajstić information content (AvgIpc) is 2.52. The minimum Gasteiger partial charge on any atom is -0.462 e. The molecule has 0 fully saturated rings. The van der Waals surface area contributed by atoms with Crippen molar-refractivity contribution in [3.05, 3.63) is 0 Å². The van der Waals surface area contributed by atoms with Gasteiger partial charge in [-0.3, -0.25) is 9.59 Å². The van der Waals surface area contributed by atoms with Crippen molar-refractivity contribution in [2.24, 2.45) is 0 Å². The van der Waals surface area contributed by atoms with Crippen molar-refractivity contribution in [2.75, 3.05) is 6.61 Å². The molecule has 0 aromatic carbocycles. The maximum Gasteiger partial charge on any atom is 0.340 e. The molecule has 4 nitrogen and oxygen atoms in total. The van der Waals surface area contributed by atoms with Crippen LogP contribution < -0.4 is 0 Å². The number of esters is 2. The summed E-state index contributed by atoms with van der Waals surface area (Å²) in [5.41, 5.74) is 0. The van der Waals surface area contributed by atoms with Gasteiger partial charge in [-0.05, 0) is 25.7 Å². The van der Waals surface area contributed by atoms with Crippen molar-refractivity contribution in [3.63, 3.8) is 0 Å². The zero-order valence-electron chi connectivity index (χ0n) is 14.2. The van der Waals surface area contributed by atoms with E-state index in [0.29, 0.717) is 6.42 Å². The Morgan fingerprint density at radius 1 is 1.00 bits per heavy atom. The monoisotopic (exact) mass is 358 g/mol. The minimum absolute atomic E-state index is 0.0510. The molecule has 1 unspecified atom stereocenters. The van der Waals surface area contributed by atoms with Crippen LogP contribution >= 0.6 is 0 Å². The summed E-state index contributed by atoms with van der Waals surface area (Å²) in [7, 11) is 0. The van der Waals surface area contributed by atoms with Gasteiger partial charge in [0.15, 0.2) is 6.61 Å². The predicted molar refractivity (Wildman–Crippen MR) is 80.1 cm³/mol. The first kappa shape index (κ1) is 22.7. The fraction of sp³-hybridized carbons (Fsp3) is 0.875. The molecule has 0 aliphatic rings. The lowest BCUT2D eigenvalue weighted by atomic mass is 10.1. The summed E-state index contributed by atoms with van der Waals surface area (Å²) in [6, 6.07) is 0. The summed E-state index contributed by atoms with van der Waals surface area (Å²) in [6.45, 7) is 2.32. The highest BCUT2D eigenvalue weighted by molar-refractivity contribution is 5.72. The van der Waals surface area contributed by atoms with E-state index in [2.05, 4.69) is 11.7 Å². The quantitative estimate of drug-likeness (QED) is 0.276. The van der Waals surface area contributed by atoms with Crippen LogP contribution in [0.15, 0.2) is 0 Å². The van der Waals surface area contributed by atoms with Gasteiger partial charge in [-0.25, -0.2) is 8.78 Å². The number of rotatable bonds is 13. The first-order chi connectivity index (χ1) is 11.2. The normalized spacial score (nSPS) is 13.0. The molecule has 0 aliphatic carbocycles. The van der Waals surface area contributed by atoms with E-state index < -0.39 is 30.9 Å². The van der Waals surface area contributed by atoms with Gasteiger partial charge >= 0.3 is 24.3 Å². The van der Waals surface area contributed by atoms with Gasteiger partial charge in [0.25, 0.3) is 0 Å². The topological polar surface area (TPSA) is 52.6 Å². The molecule has 0 amide bonds. The lowest BCUT2D eigenvalue weighted by molar-refractivity contribution is -0.179. The molecule has 0 bridgehead atoms. The third-order valence-electron chi connectivity index (χ3n) is 3.39. The molecule has 0 aromatic heterocycles. The molecule has 8 heteroatoms. The van der Waals surface area contributed by atoms with E-state index in [1.54, 1.807) is 0 Å². The Morgan fingerprint density at radius 3 is 2.17 bits per heavy atom. The Morgan fingerprint density at radius 2 is 1.62 bits per heavy atom. The molecule has 0 aliphatic heterocycles. The number of halogens is 4. The Balaban J connectivity index is 3.92. The van der Waals surface area contributed by atoms with Crippen LogP contribution in [-0.2, 0) is 19.1 Å². The smallest absolute Gasteiger partial charge is 0.340 e. The number of alkyl halides is 4. The van der Waals surface area contributed by atoms with Gasteiger partial charge in [-0.1, -0.05) is 26.7 Å². The van der Waals surface area contributed by atoms with Crippen molar-refractivity contribution in [2.45, 2.75) is 83.7 Å². The second-order valence-electron chi connectivity index (χ2n) is 5.59. The number of hydrogen-bond acceptors (Lipinski definition) is 4. The first-order valence-corrected chi connectivity index (χ1v) is 8.24. The van der Waals surface area contributed by atoms with Crippen molar-refractivity contribution >= 4 is 11.9 Å². The Kier molecular flexibility index (Phi) is 11.4. The Bertz CT molecular complexity index is 375. The first-order valence-electron chi connectivity index (χ1n) is 8.24. The van der Waals surface area contributed by atoms with Gasteiger partial charge in [0, 0.05) is 12.8 Å². The highest BCUT2D eigenvalue weighted by Gasteiger charge is 2.42. The third-order valence-corrected chi connectivity index (χ3v) is 3.39. The van der Waals surface area contributed by atoms with Crippen LogP contribution in [0.2, 0.25) is 0 Å². The highest BCUT2D eigenvalue weighted by Crippen LogP contribution is 2.23. The molecule has 0 N–H and O–H groups in total. The molecule has 0 saturated carbocycles. The Labute approximate surface area is 139 Å². The van der Waals surface area contributed by atoms with Gasteiger partial charge in [-0.2, -0.15) is 8.78 Å². The largest absolute Gasteiger partial charge is 0.462 e. The van der Waals surface area contributed by atoms with Crippen LogP contribution in [-0.4, -0.2) is 37.0 Å². The molecule has 142 valence electrons. The number of ether oxygens (including phenoxy) is 2. The molecule has 0 rings (SSSR count). The van der Waals surface area contributed by atoms with Crippen LogP contribution in [0.5, 0.6) is 0 Å². The lowest BCUT2D eigenvalue weighted by Gasteiger charge is -2.16. The van der Waals surface area contributed by atoms with Crippen LogP contribution in [0.3, 0.4) is 0 Å². The lowest BCUT2D eigenvalue weighted by Crippen LogP contribution is -2.33. The van der Waals surface area contributed by atoms with Gasteiger partial charge < -0.3 is 9.47 Å². The molecule has 0 saturated heterocycles. The zero-order chi connectivity index (χ0) is 18.6. The van der Waals surface area contributed by atoms with E-state index in [1.165, 1.54) is 0 Å². The summed E-state index contributed by atoms with van der Waals surface area (Å²) in [4.78, 5) is 22.8. The number of carbonyl (C=O) groups is 2. The van der Waals surface area contributed by atoms with E-state index in [0.717, 1.165) is 25.7 Å². The van der Waals surface area contributed by atoms with Crippen LogP contribution in [0.1, 0.15) is 65.2 Å². The van der Waals surface area contributed by atoms with E-state index in [9.17, 15) is 27.2 Å². The predicted octanol–water partition coefficient (Wildman–Crippen LogP) is 4.50. The standard InChI is InChI=1S/C16H26F4O4/c1-3-5-6-8-12(4-2)24-14(22)10-7-9-13(21)23-11-16(19,20)15(17)18/h12,15H,3-11H2,1-2H3. The van der Waals surface area contributed by atoms with Gasteiger partial charge in [0.2, 0.25) is 0 Å².